The fourth-order valence-electron chi connectivity index (χ4n) is 2.08. The van der Waals surface area contributed by atoms with Gasteiger partial charge in [0.15, 0.2) is 0 Å². The van der Waals surface area contributed by atoms with Gasteiger partial charge in [0.05, 0.1) is 11.8 Å². The Balaban J connectivity index is 1.54. The van der Waals surface area contributed by atoms with Crippen LogP contribution in [0.4, 0.5) is 0 Å². The minimum absolute atomic E-state index is 0.379. The molecule has 0 heterocycles. The molecule has 2 aromatic rings. The van der Waals surface area contributed by atoms with E-state index in [-0.39, 0.29) is 11.9 Å². The van der Waals surface area contributed by atoms with Gasteiger partial charge in [-0.15, -0.1) is 0 Å². The molecule has 2 atom stereocenters. The van der Waals surface area contributed by atoms with Crippen molar-refractivity contribution in [3.05, 3.63) is 60.7 Å². The summed E-state index contributed by atoms with van der Waals surface area (Å²) in [6.07, 6.45) is 0.483. The highest BCUT2D eigenvalue weighted by molar-refractivity contribution is 5.89. The smallest absolute Gasteiger partial charge is 0.315 e. The third kappa shape index (κ3) is 3.28. The van der Waals surface area contributed by atoms with Crippen LogP contribution in [-0.2, 0) is 9.59 Å². The number of carbonyl (C=O) groups is 2. The Hall–Kier alpha value is -2.62. The molecular formula is C17H14O4. The summed E-state index contributed by atoms with van der Waals surface area (Å²) < 4.78 is 10.4. The summed E-state index contributed by atoms with van der Waals surface area (Å²) in [6.45, 7) is 0. The van der Waals surface area contributed by atoms with Crippen molar-refractivity contribution in [3.8, 4) is 11.5 Å². The van der Waals surface area contributed by atoms with Gasteiger partial charge in [-0.25, -0.2) is 0 Å². The summed E-state index contributed by atoms with van der Waals surface area (Å²) >= 11 is 0. The van der Waals surface area contributed by atoms with Crippen molar-refractivity contribution in [2.75, 3.05) is 0 Å². The predicted molar refractivity (Wildman–Crippen MR) is 75.8 cm³/mol. The minimum Gasteiger partial charge on any atom is -0.426 e. The number of esters is 2. The molecule has 2 unspecified atom stereocenters. The van der Waals surface area contributed by atoms with E-state index in [1.165, 1.54) is 0 Å². The highest BCUT2D eigenvalue weighted by atomic mass is 16.5. The molecule has 21 heavy (non-hydrogen) atoms. The van der Waals surface area contributed by atoms with E-state index in [1.54, 1.807) is 48.5 Å². The molecule has 106 valence electrons. The lowest BCUT2D eigenvalue weighted by Gasteiger charge is -2.04. The fourth-order valence-corrected chi connectivity index (χ4v) is 2.08. The van der Waals surface area contributed by atoms with Gasteiger partial charge in [0, 0.05) is 0 Å². The maximum absolute atomic E-state index is 11.9. The lowest BCUT2D eigenvalue weighted by molar-refractivity contribution is -0.141. The average molecular weight is 282 g/mol. The van der Waals surface area contributed by atoms with Gasteiger partial charge in [-0.1, -0.05) is 36.4 Å². The molecule has 1 aliphatic rings. The molecule has 2 aromatic carbocycles. The highest BCUT2D eigenvalue weighted by Gasteiger charge is 2.50. The number of para-hydroxylation sites is 2. The number of hydrogen-bond donors (Lipinski definition) is 0. The van der Waals surface area contributed by atoms with Crippen LogP contribution in [0.15, 0.2) is 60.7 Å². The Labute approximate surface area is 122 Å². The molecule has 3 rings (SSSR count). The molecule has 0 saturated heterocycles. The van der Waals surface area contributed by atoms with E-state index in [2.05, 4.69) is 0 Å². The van der Waals surface area contributed by atoms with Crippen LogP contribution in [0.5, 0.6) is 11.5 Å². The maximum Gasteiger partial charge on any atom is 0.315 e. The van der Waals surface area contributed by atoms with Gasteiger partial charge in [0.2, 0.25) is 0 Å². The van der Waals surface area contributed by atoms with Gasteiger partial charge in [0.25, 0.3) is 0 Å². The van der Waals surface area contributed by atoms with Crippen molar-refractivity contribution in [2.45, 2.75) is 6.42 Å². The van der Waals surface area contributed by atoms with E-state index in [4.69, 9.17) is 9.47 Å². The van der Waals surface area contributed by atoms with Crippen LogP contribution in [0.25, 0.3) is 0 Å². The van der Waals surface area contributed by atoms with E-state index in [9.17, 15) is 9.59 Å². The number of hydrogen-bond acceptors (Lipinski definition) is 4. The fraction of sp³-hybridized carbons (Fsp3) is 0.176. The molecule has 1 saturated carbocycles. The zero-order chi connectivity index (χ0) is 14.7. The van der Waals surface area contributed by atoms with Crippen LogP contribution in [0, 0.1) is 11.8 Å². The van der Waals surface area contributed by atoms with E-state index in [0.29, 0.717) is 17.9 Å². The molecule has 0 bridgehead atoms. The Morgan fingerprint density at radius 1 is 0.714 bits per heavy atom. The van der Waals surface area contributed by atoms with Gasteiger partial charge in [-0.3, -0.25) is 9.59 Å². The molecule has 0 amide bonds. The molecule has 1 fully saturated rings. The van der Waals surface area contributed by atoms with Gasteiger partial charge in [0.1, 0.15) is 11.5 Å². The zero-order valence-corrected chi connectivity index (χ0v) is 11.3. The number of benzene rings is 2. The maximum atomic E-state index is 11.9. The molecule has 0 spiro atoms. The number of ether oxygens (including phenoxy) is 2. The molecule has 4 nitrogen and oxygen atoms in total. The molecule has 0 aliphatic heterocycles. The van der Waals surface area contributed by atoms with Crippen LogP contribution < -0.4 is 9.47 Å². The Bertz CT molecular complexity index is 579. The van der Waals surface area contributed by atoms with Crippen molar-refractivity contribution in [3.63, 3.8) is 0 Å². The van der Waals surface area contributed by atoms with E-state index >= 15 is 0 Å². The molecule has 1 aliphatic carbocycles. The lowest BCUT2D eigenvalue weighted by atomic mass is 10.3. The van der Waals surface area contributed by atoms with Gasteiger partial charge in [-0.2, -0.15) is 0 Å². The summed E-state index contributed by atoms with van der Waals surface area (Å²) in [5.41, 5.74) is 0. The molecule has 4 heteroatoms. The highest BCUT2D eigenvalue weighted by Crippen LogP contribution is 2.40. The lowest BCUT2D eigenvalue weighted by Crippen LogP contribution is -2.17. The SMILES string of the molecule is O=C(Oc1ccccc1)C1CC1C(=O)Oc1ccccc1. The van der Waals surface area contributed by atoms with Crippen LogP contribution in [-0.4, -0.2) is 11.9 Å². The summed E-state index contributed by atoms with van der Waals surface area (Å²) in [7, 11) is 0. The first-order valence-electron chi connectivity index (χ1n) is 6.77. The average Bonchev–Trinajstić information content (AvgIpc) is 3.30. The van der Waals surface area contributed by atoms with Crippen LogP contribution in [0.1, 0.15) is 6.42 Å². The summed E-state index contributed by atoms with van der Waals surface area (Å²) in [6, 6.07) is 17.7. The zero-order valence-electron chi connectivity index (χ0n) is 11.3. The first kappa shape index (κ1) is 13.4. The second-order valence-electron chi connectivity index (χ2n) is 4.92. The predicted octanol–water partition coefficient (Wildman–Crippen LogP) is 2.83. The van der Waals surface area contributed by atoms with Crippen molar-refractivity contribution in [2.24, 2.45) is 11.8 Å². The van der Waals surface area contributed by atoms with Crippen molar-refractivity contribution in [1.29, 1.82) is 0 Å². The molecule has 0 N–H and O–H groups in total. The van der Waals surface area contributed by atoms with E-state index in [0.717, 1.165) is 0 Å². The van der Waals surface area contributed by atoms with Crippen molar-refractivity contribution in [1.82, 2.24) is 0 Å². The minimum atomic E-state index is -0.401. The third-order valence-corrected chi connectivity index (χ3v) is 3.32. The molecule has 0 radical (unpaired) electrons. The van der Waals surface area contributed by atoms with Crippen LogP contribution in [0.2, 0.25) is 0 Å². The Morgan fingerprint density at radius 2 is 1.10 bits per heavy atom. The first-order chi connectivity index (χ1) is 10.2. The van der Waals surface area contributed by atoms with Gasteiger partial charge < -0.3 is 9.47 Å². The van der Waals surface area contributed by atoms with E-state index in [1.807, 2.05) is 12.1 Å². The second-order valence-corrected chi connectivity index (χ2v) is 4.92. The molecule has 0 aromatic heterocycles. The normalized spacial score (nSPS) is 19.6. The Kier molecular flexibility index (Phi) is 3.69. The monoisotopic (exact) mass is 282 g/mol. The first-order valence-corrected chi connectivity index (χ1v) is 6.77. The summed E-state index contributed by atoms with van der Waals surface area (Å²) in [4.78, 5) is 23.8. The number of carbonyl (C=O) groups excluding carboxylic acids is 2. The third-order valence-electron chi connectivity index (χ3n) is 3.32. The van der Waals surface area contributed by atoms with Crippen LogP contribution in [0.3, 0.4) is 0 Å². The topological polar surface area (TPSA) is 52.6 Å². The standard InChI is InChI=1S/C17H14O4/c18-16(20-12-7-3-1-4-8-12)14-11-15(14)17(19)21-13-9-5-2-6-10-13/h1-10,14-15H,11H2. The summed E-state index contributed by atoms with van der Waals surface area (Å²) in [5.74, 6) is -0.579. The van der Waals surface area contributed by atoms with Gasteiger partial charge in [-0.05, 0) is 30.7 Å². The van der Waals surface area contributed by atoms with Crippen molar-refractivity contribution >= 4 is 11.9 Å². The largest absolute Gasteiger partial charge is 0.426 e. The van der Waals surface area contributed by atoms with Gasteiger partial charge >= 0.3 is 11.9 Å². The van der Waals surface area contributed by atoms with E-state index < -0.39 is 11.8 Å². The quantitative estimate of drug-likeness (QED) is 0.639. The Morgan fingerprint density at radius 3 is 1.48 bits per heavy atom. The second kappa shape index (κ2) is 5.79. The molecular weight excluding hydrogens is 268 g/mol. The summed E-state index contributed by atoms with van der Waals surface area (Å²) in [5, 5.41) is 0. The number of rotatable bonds is 4. The van der Waals surface area contributed by atoms with Crippen LogP contribution >= 0.6 is 0 Å². The van der Waals surface area contributed by atoms with Crippen molar-refractivity contribution < 1.29 is 19.1 Å².